The number of nitrogens with zero attached hydrogens (tertiary/aromatic N) is 2. The SMILES string of the molecule is CCNCc1ccccc1OCCCn1ccnc1. The van der Waals surface area contributed by atoms with Crippen LogP contribution in [0.1, 0.15) is 18.9 Å². The molecule has 1 N–H and O–H groups in total. The first kappa shape index (κ1) is 13.6. The van der Waals surface area contributed by atoms with Gasteiger partial charge in [0, 0.05) is 31.0 Å². The smallest absolute Gasteiger partial charge is 0.123 e. The fraction of sp³-hybridized carbons (Fsp3) is 0.400. The first-order valence-electron chi connectivity index (χ1n) is 6.77. The van der Waals surface area contributed by atoms with E-state index in [1.54, 1.807) is 6.20 Å². The predicted molar refractivity (Wildman–Crippen MR) is 76.2 cm³/mol. The second-order valence-corrected chi connectivity index (χ2v) is 4.39. The summed E-state index contributed by atoms with van der Waals surface area (Å²) < 4.78 is 7.92. The third-order valence-electron chi connectivity index (χ3n) is 2.92. The number of ether oxygens (including phenoxy) is 1. The van der Waals surface area contributed by atoms with Crippen molar-refractivity contribution in [1.82, 2.24) is 14.9 Å². The lowest BCUT2D eigenvalue weighted by atomic mass is 10.2. The average Bonchev–Trinajstić information content (AvgIpc) is 2.95. The van der Waals surface area contributed by atoms with Gasteiger partial charge in [0.05, 0.1) is 12.9 Å². The Kier molecular flexibility index (Phi) is 5.44. The topological polar surface area (TPSA) is 39.1 Å². The van der Waals surface area contributed by atoms with E-state index < -0.39 is 0 Å². The number of rotatable bonds is 8. The molecule has 2 aromatic rings. The highest BCUT2D eigenvalue weighted by molar-refractivity contribution is 5.33. The molecule has 0 spiro atoms. The van der Waals surface area contributed by atoms with Crippen LogP contribution in [0.3, 0.4) is 0 Å². The fourth-order valence-electron chi connectivity index (χ4n) is 1.90. The van der Waals surface area contributed by atoms with Gasteiger partial charge in [-0.2, -0.15) is 0 Å². The van der Waals surface area contributed by atoms with E-state index >= 15 is 0 Å². The van der Waals surface area contributed by atoms with Crippen molar-refractivity contribution in [3.8, 4) is 5.75 Å². The van der Waals surface area contributed by atoms with E-state index in [0.29, 0.717) is 0 Å². The summed E-state index contributed by atoms with van der Waals surface area (Å²) in [5, 5.41) is 3.33. The number of aromatic nitrogens is 2. The number of nitrogens with one attached hydrogen (secondary N) is 1. The fourth-order valence-corrected chi connectivity index (χ4v) is 1.90. The molecule has 0 aliphatic carbocycles. The minimum atomic E-state index is 0.724. The summed E-state index contributed by atoms with van der Waals surface area (Å²) in [5.74, 6) is 0.981. The summed E-state index contributed by atoms with van der Waals surface area (Å²) in [4.78, 5) is 4.02. The molecule has 0 amide bonds. The number of para-hydroxylation sites is 1. The van der Waals surface area contributed by atoms with Crippen LogP contribution in [0.15, 0.2) is 43.0 Å². The van der Waals surface area contributed by atoms with Crippen molar-refractivity contribution >= 4 is 0 Å². The number of imidazole rings is 1. The van der Waals surface area contributed by atoms with Crippen molar-refractivity contribution in [3.05, 3.63) is 48.5 Å². The van der Waals surface area contributed by atoms with Gasteiger partial charge >= 0.3 is 0 Å². The lowest BCUT2D eigenvalue weighted by molar-refractivity contribution is 0.298. The van der Waals surface area contributed by atoms with Crippen LogP contribution in [0.25, 0.3) is 0 Å². The molecular weight excluding hydrogens is 238 g/mol. The van der Waals surface area contributed by atoms with E-state index in [1.807, 2.05) is 30.7 Å². The molecule has 1 aromatic heterocycles. The highest BCUT2D eigenvalue weighted by Crippen LogP contribution is 2.17. The Bertz CT molecular complexity index is 468. The Balaban J connectivity index is 1.78. The Morgan fingerprint density at radius 1 is 1.32 bits per heavy atom. The maximum Gasteiger partial charge on any atom is 0.123 e. The Labute approximate surface area is 114 Å². The molecule has 1 heterocycles. The van der Waals surface area contributed by atoms with E-state index in [4.69, 9.17) is 4.74 Å². The van der Waals surface area contributed by atoms with Gasteiger partial charge in [-0.25, -0.2) is 4.98 Å². The Morgan fingerprint density at radius 2 is 2.21 bits per heavy atom. The quantitative estimate of drug-likeness (QED) is 0.740. The van der Waals surface area contributed by atoms with Crippen LogP contribution in [0.2, 0.25) is 0 Å². The average molecular weight is 259 g/mol. The van der Waals surface area contributed by atoms with Crippen LogP contribution in [0.4, 0.5) is 0 Å². The lowest BCUT2D eigenvalue weighted by Crippen LogP contribution is -2.13. The highest BCUT2D eigenvalue weighted by Gasteiger charge is 2.01. The molecule has 0 radical (unpaired) electrons. The standard InChI is InChI=1S/C15H21N3O/c1-2-16-12-14-6-3-4-7-15(14)19-11-5-9-18-10-8-17-13-18/h3-4,6-8,10,13,16H,2,5,9,11-12H2,1H3. The van der Waals surface area contributed by atoms with E-state index in [0.717, 1.165) is 38.4 Å². The minimum Gasteiger partial charge on any atom is -0.493 e. The molecule has 102 valence electrons. The maximum atomic E-state index is 5.86. The molecular formula is C15H21N3O. The number of hydrogen-bond donors (Lipinski definition) is 1. The third-order valence-corrected chi connectivity index (χ3v) is 2.92. The van der Waals surface area contributed by atoms with E-state index in [-0.39, 0.29) is 0 Å². The van der Waals surface area contributed by atoms with E-state index in [9.17, 15) is 0 Å². The first-order chi connectivity index (χ1) is 9.40. The molecule has 4 nitrogen and oxygen atoms in total. The molecule has 0 atom stereocenters. The number of benzene rings is 1. The van der Waals surface area contributed by atoms with Gasteiger partial charge in [0.25, 0.3) is 0 Å². The highest BCUT2D eigenvalue weighted by atomic mass is 16.5. The van der Waals surface area contributed by atoms with Crippen molar-refractivity contribution in [2.24, 2.45) is 0 Å². The third kappa shape index (κ3) is 4.41. The van der Waals surface area contributed by atoms with E-state index in [1.165, 1.54) is 5.56 Å². The summed E-state index contributed by atoms with van der Waals surface area (Å²) >= 11 is 0. The normalized spacial score (nSPS) is 10.6. The van der Waals surface area contributed by atoms with Gasteiger partial charge in [0.2, 0.25) is 0 Å². The number of aryl methyl sites for hydroxylation is 1. The lowest BCUT2D eigenvalue weighted by Gasteiger charge is -2.11. The van der Waals surface area contributed by atoms with Crippen molar-refractivity contribution in [1.29, 1.82) is 0 Å². The summed E-state index contributed by atoms with van der Waals surface area (Å²) in [7, 11) is 0. The monoisotopic (exact) mass is 259 g/mol. The van der Waals surface area contributed by atoms with Crippen LogP contribution in [-0.2, 0) is 13.1 Å². The molecule has 1 aromatic carbocycles. The first-order valence-corrected chi connectivity index (χ1v) is 6.77. The van der Waals surface area contributed by atoms with Crippen molar-refractivity contribution in [3.63, 3.8) is 0 Å². The van der Waals surface area contributed by atoms with Gasteiger partial charge in [0.1, 0.15) is 5.75 Å². The molecule has 0 fully saturated rings. The van der Waals surface area contributed by atoms with Gasteiger partial charge in [-0.05, 0) is 19.0 Å². The zero-order valence-corrected chi connectivity index (χ0v) is 11.4. The van der Waals surface area contributed by atoms with Crippen molar-refractivity contribution in [2.75, 3.05) is 13.2 Å². The van der Waals surface area contributed by atoms with Gasteiger partial charge < -0.3 is 14.6 Å². The van der Waals surface area contributed by atoms with Gasteiger partial charge in [-0.1, -0.05) is 25.1 Å². The van der Waals surface area contributed by atoms with E-state index in [2.05, 4.69) is 27.9 Å². The largest absolute Gasteiger partial charge is 0.493 e. The molecule has 2 rings (SSSR count). The van der Waals surface area contributed by atoms with Crippen LogP contribution in [-0.4, -0.2) is 22.7 Å². The molecule has 19 heavy (non-hydrogen) atoms. The molecule has 0 saturated heterocycles. The molecule has 0 aliphatic heterocycles. The van der Waals surface area contributed by atoms with Crippen molar-refractivity contribution in [2.45, 2.75) is 26.4 Å². The van der Waals surface area contributed by atoms with Crippen molar-refractivity contribution < 1.29 is 4.74 Å². The predicted octanol–water partition coefficient (Wildman–Crippen LogP) is 2.46. The van der Waals surface area contributed by atoms with Crippen LogP contribution < -0.4 is 10.1 Å². The number of hydrogen-bond acceptors (Lipinski definition) is 3. The summed E-state index contributed by atoms with van der Waals surface area (Å²) in [6, 6.07) is 8.20. The molecule has 4 heteroatoms. The Hall–Kier alpha value is -1.81. The molecule has 0 saturated carbocycles. The van der Waals surface area contributed by atoms with Crippen LogP contribution in [0.5, 0.6) is 5.75 Å². The Morgan fingerprint density at radius 3 is 3.00 bits per heavy atom. The maximum absolute atomic E-state index is 5.86. The summed E-state index contributed by atoms with van der Waals surface area (Å²) in [6.07, 6.45) is 6.58. The second kappa shape index (κ2) is 7.59. The summed E-state index contributed by atoms with van der Waals surface area (Å²) in [5.41, 5.74) is 1.21. The summed E-state index contributed by atoms with van der Waals surface area (Å²) in [6.45, 7) is 5.59. The van der Waals surface area contributed by atoms with Crippen LogP contribution in [0, 0.1) is 0 Å². The van der Waals surface area contributed by atoms with Crippen LogP contribution >= 0.6 is 0 Å². The zero-order chi connectivity index (χ0) is 13.3. The molecule has 0 unspecified atom stereocenters. The van der Waals surface area contributed by atoms with Gasteiger partial charge in [0.15, 0.2) is 0 Å². The second-order valence-electron chi connectivity index (χ2n) is 4.39. The van der Waals surface area contributed by atoms with Gasteiger partial charge in [-0.3, -0.25) is 0 Å². The van der Waals surface area contributed by atoms with Gasteiger partial charge in [-0.15, -0.1) is 0 Å². The molecule has 0 aliphatic rings. The minimum absolute atomic E-state index is 0.724. The zero-order valence-electron chi connectivity index (χ0n) is 11.4. The molecule has 0 bridgehead atoms.